The lowest BCUT2D eigenvalue weighted by molar-refractivity contribution is 0.0342. The standard InChI is InChI=1S/C22H23ClN8O/c1-14-26-19(23)10-20(27-14)28-18-12-25-30-21(18)22-24-11-17(29-22)16-4-2-15(3-5-16)13-31-6-8-32-9-7-31/h2-5,10-12H,6-9,13H2,1H3,(H,24,29)(H,25,30)(H,26,27,28). The quantitative estimate of drug-likeness (QED) is 0.383. The van der Waals surface area contributed by atoms with Gasteiger partial charge in [0.1, 0.15) is 22.5 Å². The van der Waals surface area contributed by atoms with Gasteiger partial charge in [-0.05, 0) is 18.1 Å². The minimum atomic E-state index is 0.377. The van der Waals surface area contributed by atoms with Crippen molar-refractivity contribution in [2.75, 3.05) is 31.6 Å². The highest BCUT2D eigenvalue weighted by Gasteiger charge is 2.14. The third kappa shape index (κ3) is 4.64. The van der Waals surface area contributed by atoms with Crippen LogP contribution in [0.3, 0.4) is 0 Å². The van der Waals surface area contributed by atoms with Gasteiger partial charge in [0.15, 0.2) is 5.82 Å². The molecule has 1 fully saturated rings. The third-order valence-electron chi connectivity index (χ3n) is 5.30. The van der Waals surface area contributed by atoms with E-state index >= 15 is 0 Å². The number of benzene rings is 1. The number of nitrogens with zero attached hydrogens (tertiary/aromatic N) is 5. The smallest absolute Gasteiger partial charge is 0.158 e. The Balaban J connectivity index is 1.31. The molecule has 0 atom stereocenters. The van der Waals surface area contributed by atoms with Crippen LogP contribution in [-0.4, -0.2) is 61.3 Å². The fourth-order valence-corrected chi connectivity index (χ4v) is 3.92. The first kappa shape index (κ1) is 20.6. The summed E-state index contributed by atoms with van der Waals surface area (Å²) in [5.74, 6) is 1.85. The van der Waals surface area contributed by atoms with Crippen LogP contribution in [-0.2, 0) is 11.3 Å². The van der Waals surface area contributed by atoms with Gasteiger partial charge in [-0.25, -0.2) is 15.0 Å². The number of ether oxygens (including phenoxy) is 1. The van der Waals surface area contributed by atoms with Crippen molar-refractivity contribution in [1.29, 1.82) is 0 Å². The molecule has 1 aromatic carbocycles. The SMILES string of the molecule is Cc1nc(Cl)cc(Nc2cn[nH]c2-c2ncc(-c3ccc(CN4CCOCC4)cc3)[nH]2)n1. The van der Waals surface area contributed by atoms with E-state index in [1.807, 2.05) is 6.20 Å². The van der Waals surface area contributed by atoms with E-state index in [0.717, 1.165) is 55.5 Å². The number of aromatic amines is 2. The van der Waals surface area contributed by atoms with E-state index in [4.69, 9.17) is 16.3 Å². The zero-order chi connectivity index (χ0) is 21.9. The van der Waals surface area contributed by atoms with Gasteiger partial charge in [-0.1, -0.05) is 35.9 Å². The number of hydrogen-bond donors (Lipinski definition) is 3. The molecule has 1 saturated heterocycles. The second-order valence-electron chi connectivity index (χ2n) is 7.64. The topological polar surface area (TPSA) is 108 Å². The molecule has 0 unspecified atom stereocenters. The van der Waals surface area contributed by atoms with Crippen LogP contribution < -0.4 is 5.32 Å². The average molecular weight is 451 g/mol. The maximum atomic E-state index is 6.04. The van der Waals surface area contributed by atoms with E-state index in [9.17, 15) is 0 Å². The van der Waals surface area contributed by atoms with E-state index in [1.54, 1.807) is 19.2 Å². The summed E-state index contributed by atoms with van der Waals surface area (Å²) in [6, 6.07) is 10.2. The first-order valence-corrected chi connectivity index (χ1v) is 10.8. The lowest BCUT2D eigenvalue weighted by Crippen LogP contribution is -2.35. The van der Waals surface area contributed by atoms with Crippen LogP contribution in [0, 0.1) is 6.92 Å². The molecule has 10 heteroatoms. The van der Waals surface area contributed by atoms with Crippen LogP contribution in [0.1, 0.15) is 11.4 Å². The lowest BCUT2D eigenvalue weighted by Gasteiger charge is -2.26. The number of hydrogen-bond acceptors (Lipinski definition) is 7. The summed E-state index contributed by atoms with van der Waals surface area (Å²) in [7, 11) is 0. The van der Waals surface area contributed by atoms with E-state index in [1.165, 1.54) is 5.56 Å². The van der Waals surface area contributed by atoms with Gasteiger partial charge in [-0.3, -0.25) is 10.00 Å². The molecule has 1 aliphatic heterocycles. The Labute approximate surface area is 190 Å². The number of rotatable bonds is 6. The van der Waals surface area contributed by atoms with E-state index in [-0.39, 0.29) is 0 Å². The van der Waals surface area contributed by atoms with Gasteiger partial charge >= 0.3 is 0 Å². The Hall–Kier alpha value is -3.27. The Morgan fingerprint density at radius 3 is 2.72 bits per heavy atom. The van der Waals surface area contributed by atoms with Crippen molar-refractivity contribution in [2.24, 2.45) is 0 Å². The Bertz CT molecular complexity index is 1180. The summed E-state index contributed by atoms with van der Waals surface area (Å²) in [4.78, 5) is 18.8. The minimum Gasteiger partial charge on any atom is -0.379 e. The van der Waals surface area contributed by atoms with Gasteiger partial charge in [0.05, 0.1) is 37.0 Å². The predicted molar refractivity (Wildman–Crippen MR) is 123 cm³/mol. The van der Waals surface area contributed by atoms with Crippen molar-refractivity contribution in [3.05, 3.63) is 59.3 Å². The molecular weight excluding hydrogens is 428 g/mol. The van der Waals surface area contributed by atoms with Gasteiger partial charge < -0.3 is 15.0 Å². The van der Waals surface area contributed by atoms with Gasteiger partial charge in [-0.2, -0.15) is 5.10 Å². The zero-order valence-electron chi connectivity index (χ0n) is 17.6. The second-order valence-corrected chi connectivity index (χ2v) is 8.02. The summed E-state index contributed by atoms with van der Waals surface area (Å²) in [6.45, 7) is 6.30. The molecule has 0 aliphatic carbocycles. The van der Waals surface area contributed by atoms with Crippen molar-refractivity contribution >= 4 is 23.1 Å². The van der Waals surface area contributed by atoms with Crippen molar-refractivity contribution in [3.63, 3.8) is 0 Å². The first-order valence-electron chi connectivity index (χ1n) is 10.4. The van der Waals surface area contributed by atoms with E-state index < -0.39 is 0 Å². The molecule has 4 heterocycles. The number of H-pyrrole nitrogens is 2. The summed E-state index contributed by atoms with van der Waals surface area (Å²) in [6.07, 6.45) is 3.51. The Morgan fingerprint density at radius 2 is 1.94 bits per heavy atom. The molecular formula is C22H23ClN8O. The molecule has 3 aromatic heterocycles. The maximum absolute atomic E-state index is 6.04. The molecule has 0 radical (unpaired) electrons. The molecule has 0 spiro atoms. The van der Waals surface area contributed by atoms with Gasteiger partial charge in [0, 0.05) is 25.7 Å². The van der Waals surface area contributed by atoms with Crippen molar-refractivity contribution in [1.82, 2.24) is 35.0 Å². The van der Waals surface area contributed by atoms with Crippen LogP contribution in [0.2, 0.25) is 5.15 Å². The molecule has 1 aliphatic rings. The fraction of sp³-hybridized carbons (Fsp3) is 0.273. The molecule has 5 rings (SSSR count). The normalized spacial score (nSPS) is 14.6. The fourth-order valence-electron chi connectivity index (χ4n) is 3.70. The molecule has 3 N–H and O–H groups in total. The van der Waals surface area contributed by atoms with Crippen molar-refractivity contribution in [2.45, 2.75) is 13.5 Å². The number of morpholine rings is 1. The largest absolute Gasteiger partial charge is 0.379 e. The highest BCUT2D eigenvalue weighted by atomic mass is 35.5. The summed E-state index contributed by atoms with van der Waals surface area (Å²) in [5.41, 5.74) is 4.75. The van der Waals surface area contributed by atoms with Crippen molar-refractivity contribution < 1.29 is 4.74 Å². The lowest BCUT2D eigenvalue weighted by atomic mass is 10.1. The number of halogens is 1. The molecule has 9 nitrogen and oxygen atoms in total. The summed E-state index contributed by atoms with van der Waals surface area (Å²) < 4.78 is 5.42. The molecule has 0 amide bonds. The van der Waals surface area contributed by atoms with Crippen LogP contribution in [0.15, 0.2) is 42.7 Å². The highest BCUT2D eigenvalue weighted by Crippen LogP contribution is 2.28. The van der Waals surface area contributed by atoms with Crippen molar-refractivity contribution in [3.8, 4) is 22.8 Å². The van der Waals surface area contributed by atoms with Gasteiger partial charge in [-0.15, -0.1) is 0 Å². The Morgan fingerprint density at radius 1 is 1.12 bits per heavy atom. The number of anilines is 2. The number of nitrogens with one attached hydrogen (secondary N) is 3. The van der Waals surface area contributed by atoms with Gasteiger partial charge in [0.2, 0.25) is 0 Å². The second kappa shape index (κ2) is 9.07. The molecule has 4 aromatic rings. The minimum absolute atomic E-state index is 0.377. The summed E-state index contributed by atoms with van der Waals surface area (Å²) in [5, 5.41) is 10.7. The van der Waals surface area contributed by atoms with Crippen LogP contribution in [0.4, 0.5) is 11.5 Å². The highest BCUT2D eigenvalue weighted by molar-refractivity contribution is 6.29. The number of imidazole rings is 1. The third-order valence-corrected chi connectivity index (χ3v) is 5.49. The van der Waals surface area contributed by atoms with Gasteiger partial charge in [0.25, 0.3) is 0 Å². The monoisotopic (exact) mass is 450 g/mol. The zero-order valence-corrected chi connectivity index (χ0v) is 18.4. The summed E-state index contributed by atoms with van der Waals surface area (Å²) >= 11 is 6.04. The Kier molecular flexibility index (Phi) is 5.85. The van der Waals surface area contributed by atoms with E-state index in [0.29, 0.717) is 22.6 Å². The average Bonchev–Trinajstić information content (AvgIpc) is 3.44. The number of aromatic nitrogens is 6. The van der Waals surface area contributed by atoms with Crippen LogP contribution in [0.25, 0.3) is 22.8 Å². The molecule has 164 valence electrons. The predicted octanol–water partition coefficient (Wildman–Crippen LogP) is 3.79. The maximum Gasteiger partial charge on any atom is 0.158 e. The molecule has 0 saturated carbocycles. The molecule has 32 heavy (non-hydrogen) atoms. The van der Waals surface area contributed by atoms with E-state index in [2.05, 4.69) is 64.6 Å². The number of aryl methyl sites for hydroxylation is 1. The van der Waals surface area contributed by atoms with Crippen LogP contribution in [0.5, 0.6) is 0 Å². The molecule has 0 bridgehead atoms. The first-order chi connectivity index (χ1) is 15.6. The van der Waals surface area contributed by atoms with Crippen LogP contribution >= 0.6 is 11.6 Å².